The van der Waals surface area contributed by atoms with Gasteiger partial charge in [0.15, 0.2) is 5.58 Å². The Morgan fingerprint density at radius 2 is 0.980 bits per heavy atom. The molecule has 0 atom stereocenters. The first-order valence-corrected chi connectivity index (χ1v) is 17.1. The fourth-order valence-corrected chi connectivity index (χ4v) is 7.62. The van der Waals surface area contributed by atoms with E-state index < -0.39 is 0 Å². The van der Waals surface area contributed by atoms with Gasteiger partial charge in [0.25, 0.3) is 0 Å². The second-order valence-corrected chi connectivity index (χ2v) is 12.9. The summed E-state index contributed by atoms with van der Waals surface area (Å²) in [7, 11) is 0. The molecule has 0 aliphatic carbocycles. The Bertz CT molecular complexity index is 2870. The van der Waals surface area contributed by atoms with Crippen LogP contribution in [0, 0.1) is 0 Å². The molecule has 0 fully saturated rings. The fourth-order valence-electron chi connectivity index (χ4n) is 7.62. The van der Waals surface area contributed by atoms with Crippen LogP contribution in [0.3, 0.4) is 0 Å². The number of benzene rings is 9. The smallest absolute Gasteiger partial charge is 0.159 e. The monoisotopic (exact) mass is 637 g/mol. The van der Waals surface area contributed by atoms with Crippen molar-refractivity contribution in [1.29, 1.82) is 0 Å². The van der Waals surface area contributed by atoms with E-state index in [0.717, 1.165) is 39.0 Å². The van der Waals surface area contributed by atoms with Gasteiger partial charge in [-0.05, 0) is 97.0 Å². The van der Waals surface area contributed by atoms with Crippen LogP contribution in [0.1, 0.15) is 0 Å². The third kappa shape index (κ3) is 4.65. The number of para-hydroxylation sites is 2. The lowest BCUT2D eigenvalue weighted by atomic mass is 9.97. The zero-order valence-electron chi connectivity index (χ0n) is 27.3. The third-order valence-corrected chi connectivity index (χ3v) is 10.0. The van der Waals surface area contributed by atoms with Crippen molar-refractivity contribution < 1.29 is 4.42 Å². The van der Waals surface area contributed by atoms with Crippen LogP contribution in [0.2, 0.25) is 0 Å². The highest BCUT2D eigenvalue weighted by molar-refractivity contribution is 6.11. The summed E-state index contributed by atoms with van der Waals surface area (Å²) in [6, 6.07) is 67.5. The summed E-state index contributed by atoms with van der Waals surface area (Å²) in [5.41, 5.74) is 9.64. The van der Waals surface area contributed by atoms with Gasteiger partial charge >= 0.3 is 0 Å². The molecule has 2 nitrogen and oxygen atoms in total. The molecule has 0 unspecified atom stereocenters. The SMILES string of the molecule is c1cc(-c2cccc3ccccc23)cc(N(c2ccc(-c3ccc4c(ccc5ccccc54)c3)cc2)c2cccc3c2oc2ccccc23)c1. The van der Waals surface area contributed by atoms with Crippen LogP contribution < -0.4 is 4.90 Å². The van der Waals surface area contributed by atoms with Gasteiger partial charge in [0.1, 0.15) is 5.58 Å². The molecule has 0 spiro atoms. The van der Waals surface area contributed by atoms with Crippen molar-refractivity contribution in [2.24, 2.45) is 0 Å². The Morgan fingerprint density at radius 1 is 0.340 bits per heavy atom. The third-order valence-electron chi connectivity index (χ3n) is 10.0. The van der Waals surface area contributed by atoms with E-state index >= 15 is 0 Å². The quantitative estimate of drug-likeness (QED) is 0.175. The highest BCUT2D eigenvalue weighted by atomic mass is 16.3. The molecular weight excluding hydrogens is 607 g/mol. The van der Waals surface area contributed by atoms with Gasteiger partial charge in [-0.1, -0.05) is 146 Å². The molecule has 0 saturated carbocycles. The molecule has 0 aliphatic heterocycles. The standard InChI is InChI=1S/C48H31NO/c1-3-15-40-33(10-1)12-8-18-42(40)36-13-7-14-39(31-36)49(46-20-9-19-45-44-17-5-6-21-47(44)50-48(45)46)38-27-24-32(25-28-38)35-26-29-43-37(30-35)23-22-34-11-2-4-16-41(34)43/h1-31H. The minimum atomic E-state index is 0.870. The van der Waals surface area contributed by atoms with Gasteiger partial charge in [0.2, 0.25) is 0 Å². The van der Waals surface area contributed by atoms with Crippen molar-refractivity contribution in [2.75, 3.05) is 4.90 Å². The fraction of sp³-hybridized carbons (Fsp3) is 0. The average Bonchev–Trinajstić information content (AvgIpc) is 3.57. The first-order chi connectivity index (χ1) is 24.8. The van der Waals surface area contributed by atoms with Crippen LogP contribution in [-0.4, -0.2) is 0 Å². The molecule has 0 saturated heterocycles. The van der Waals surface area contributed by atoms with E-state index in [-0.39, 0.29) is 0 Å². The second kappa shape index (κ2) is 11.5. The molecular formula is C48H31NO. The number of nitrogens with zero attached hydrogens (tertiary/aromatic N) is 1. The first kappa shape index (κ1) is 28.4. The molecule has 1 aromatic heterocycles. The van der Waals surface area contributed by atoms with Crippen molar-refractivity contribution in [3.8, 4) is 22.3 Å². The van der Waals surface area contributed by atoms with E-state index in [9.17, 15) is 0 Å². The first-order valence-electron chi connectivity index (χ1n) is 17.1. The van der Waals surface area contributed by atoms with Gasteiger partial charge in [-0.25, -0.2) is 0 Å². The van der Waals surface area contributed by atoms with E-state index in [2.05, 4.69) is 181 Å². The summed E-state index contributed by atoms with van der Waals surface area (Å²) < 4.78 is 6.60. The molecule has 2 heteroatoms. The molecule has 0 bridgehead atoms. The summed E-state index contributed by atoms with van der Waals surface area (Å²) in [5, 5.41) is 9.77. The summed E-state index contributed by atoms with van der Waals surface area (Å²) in [6.45, 7) is 0. The summed E-state index contributed by atoms with van der Waals surface area (Å²) in [4.78, 5) is 2.33. The molecule has 0 amide bonds. The number of furan rings is 1. The zero-order chi connectivity index (χ0) is 33.0. The van der Waals surface area contributed by atoms with Gasteiger partial charge in [0, 0.05) is 22.1 Å². The van der Waals surface area contributed by atoms with Gasteiger partial charge in [0.05, 0.1) is 5.69 Å². The molecule has 0 aliphatic rings. The highest BCUT2D eigenvalue weighted by Gasteiger charge is 2.20. The number of hydrogen-bond acceptors (Lipinski definition) is 2. The van der Waals surface area contributed by atoms with Crippen LogP contribution in [0.4, 0.5) is 17.1 Å². The minimum absolute atomic E-state index is 0.870. The molecule has 50 heavy (non-hydrogen) atoms. The molecule has 9 aromatic carbocycles. The second-order valence-electron chi connectivity index (χ2n) is 12.9. The molecule has 1 heterocycles. The van der Waals surface area contributed by atoms with Crippen LogP contribution in [0.5, 0.6) is 0 Å². The molecule has 10 aromatic rings. The van der Waals surface area contributed by atoms with E-state index in [0.29, 0.717) is 0 Å². The van der Waals surface area contributed by atoms with Crippen LogP contribution >= 0.6 is 0 Å². The van der Waals surface area contributed by atoms with E-state index in [1.54, 1.807) is 0 Å². The molecule has 10 rings (SSSR count). The largest absolute Gasteiger partial charge is 0.454 e. The van der Waals surface area contributed by atoms with E-state index in [1.165, 1.54) is 54.6 Å². The summed E-state index contributed by atoms with van der Waals surface area (Å²) >= 11 is 0. The summed E-state index contributed by atoms with van der Waals surface area (Å²) in [6.07, 6.45) is 0. The Morgan fingerprint density at radius 3 is 1.86 bits per heavy atom. The number of rotatable bonds is 5. The maximum Gasteiger partial charge on any atom is 0.159 e. The summed E-state index contributed by atoms with van der Waals surface area (Å²) in [5.74, 6) is 0. The number of fused-ring (bicyclic) bond motifs is 7. The van der Waals surface area contributed by atoms with Crippen molar-refractivity contribution >= 4 is 71.3 Å². The minimum Gasteiger partial charge on any atom is -0.454 e. The highest BCUT2D eigenvalue weighted by Crippen LogP contribution is 2.44. The lowest BCUT2D eigenvalue weighted by Gasteiger charge is -2.26. The van der Waals surface area contributed by atoms with Gasteiger partial charge in [-0.3, -0.25) is 0 Å². The van der Waals surface area contributed by atoms with Gasteiger partial charge in [-0.2, -0.15) is 0 Å². The number of anilines is 3. The molecule has 0 N–H and O–H groups in total. The Labute approximate surface area is 290 Å². The van der Waals surface area contributed by atoms with Crippen LogP contribution in [-0.2, 0) is 0 Å². The molecule has 234 valence electrons. The van der Waals surface area contributed by atoms with E-state index in [4.69, 9.17) is 4.42 Å². The maximum atomic E-state index is 6.60. The van der Waals surface area contributed by atoms with Crippen molar-refractivity contribution in [2.45, 2.75) is 0 Å². The van der Waals surface area contributed by atoms with Crippen LogP contribution in [0.25, 0.3) is 76.5 Å². The Kier molecular flexibility index (Phi) is 6.53. The maximum absolute atomic E-state index is 6.60. The van der Waals surface area contributed by atoms with Crippen molar-refractivity contribution in [3.05, 3.63) is 188 Å². The van der Waals surface area contributed by atoms with E-state index in [1.807, 2.05) is 12.1 Å². The topological polar surface area (TPSA) is 16.4 Å². The molecule has 0 radical (unpaired) electrons. The van der Waals surface area contributed by atoms with Gasteiger partial charge < -0.3 is 9.32 Å². The predicted octanol–water partition coefficient (Wildman–Crippen LogP) is 13.8. The number of hydrogen-bond donors (Lipinski definition) is 0. The Hall–Kier alpha value is -6.64. The average molecular weight is 638 g/mol. The van der Waals surface area contributed by atoms with Gasteiger partial charge in [-0.15, -0.1) is 0 Å². The Balaban J connectivity index is 1.12. The zero-order valence-corrected chi connectivity index (χ0v) is 27.3. The predicted molar refractivity (Wildman–Crippen MR) is 212 cm³/mol. The normalized spacial score (nSPS) is 11.6. The lowest BCUT2D eigenvalue weighted by Crippen LogP contribution is -2.10. The van der Waals surface area contributed by atoms with Crippen LogP contribution in [0.15, 0.2) is 192 Å². The van der Waals surface area contributed by atoms with Crippen molar-refractivity contribution in [3.63, 3.8) is 0 Å². The van der Waals surface area contributed by atoms with Crippen molar-refractivity contribution in [1.82, 2.24) is 0 Å². The lowest BCUT2D eigenvalue weighted by molar-refractivity contribution is 0.669.